The van der Waals surface area contributed by atoms with Crippen LogP contribution in [0.5, 0.6) is 0 Å². The summed E-state index contributed by atoms with van der Waals surface area (Å²) >= 11 is 0. The first kappa shape index (κ1) is 13.5. The van der Waals surface area contributed by atoms with Gasteiger partial charge in [-0.15, -0.1) is 0 Å². The molecule has 1 saturated heterocycles. The normalized spacial score (nSPS) is 21.6. The van der Waals surface area contributed by atoms with Gasteiger partial charge in [-0.05, 0) is 26.4 Å². The Labute approximate surface area is 98.2 Å². The molecule has 1 fully saturated rings. The van der Waals surface area contributed by atoms with E-state index in [1.54, 1.807) is 0 Å². The van der Waals surface area contributed by atoms with Gasteiger partial charge in [-0.1, -0.05) is 19.8 Å². The molecule has 0 aromatic rings. The van der Waals surface area contributed by atoms with Crippen LogP contribution in [0.4, 0.5) is 0 Å². The number of aliphatic carboxylic acids is 1. The zero-order valence-corrected chi connectivity index (χ0v) is 10.5. The molecule has 1 aliphatic heterocycles. The molecule has 4 heteroatoms. The standard InChI is InChI=1S/C12H24N2O2/c1-3-4-6-11(12(15)16)14-8-5-7-13(2)9-10-14/h11H,3-10H2,1-2H3,(H,15,16). The minimum Gasteiger partial charge on any atom is -0.480 e. The second-order valence-corrected chi connectivity index (χ2v) is 4.69. The van der Waals surface area contributed by atoms with Crippen molar-refractivity contribution in [3.05, 3.63) is 0 Å². The van der Waals surface area contributed by atoms with E-state index in [9.17, 15) is 9.90 Å². The van der Waals surface area contributed by atoms with Crippen LogP contribution in [0.25, 0.3) is 0 Å². The average molecular weight is 228 g/mol. The van der Waals surface area contributed by atoms with Crippen molar-refractivity contribution in [3.8, 4) is 0 Å². The van der Waals surface area contributed by atoms with Crippen molar-refractivity contribution in [2.75, 3.05) is 33.2 Å². The monoisotopic (exact) mass is 228 g/mol. The van der Waals surface area contributed by atoms with Crippen LogP contribution in [0.2, 0.25) is 0 Å². The zero-order chi connectivity index (χ0) is 12.0. The van der Waals surface area contributed by atoms with Crippen LogP contribution >= 0.6 is 0 Å². The fourth-order valence-corrected chi connectivity index (χ4v) is 2.24. The Morgan fingerprint density at radius 3 is 2.69 bits per heavy atom. The van der Waals surface area contributed by atoms with E-state index >= 15 is 0 Å². The second-order valence-electron chi connectivity index (χ2n) is 4.69. The third kappa shape index (κ3) is 4.10. The molecule has 1 rings (SSSR count). The fraction of sp³-hybridized carbons (Fsp3) is 0.917. The van der Waals surface area contributed by atoms with E-state index in [1.807, 2.05) is 0 Å². The molecule has 94 valence electrons. The van der Waals surface area contributed by atoms with E-state index in [0.29, 0.717) is 0 Å². The Morgan fingerprint density at radius 2 is 2.06 bits per heavy atom. The SMILES string of the molecule is CCCCC(C(=O)O)N1CCCN(C)CC1. The van der Waals surface area contributed by atoms with Crippen molar-refractivity contribution in [1.29, 1.82) is 0 Å². The van der Waals surface area contributed by atoms with Gasteiger partial charge >= 0.3 is 5.97 Å². The maximum Gasteiger partial charge on any atom is 0.320 e. The molecule has 0 aromatic heterocycles. The summed E-state index contributed by atoms with van der Waals surface area (Å²) in [5.41, 5.74) is 0. The molecule has 0 radical (unpaired) electrons. The van der Waals surface area contributed by atoms with Gasteiger partial charge in [0.05, 0.1) is 0 Å². The van der Waals surface area contributed by atoms with Crippen molar-refractivity contribution >= 4 is 5.97 Å². The number of hydrogen-bond donors (Lipinski definition) is 1. The number of nitrogens with zero attached hydrogens (tertiary/aromatic N) is 2. The van der Waals surface area contributed by atoms with Gasteiger partial charge in [-0.25, -0.2) is 0 Å². The highest BCUT2D eigenvalue weighted by molar-refractivity contribution is 5.73. The van der Waals surface area contributed by atoms with Gasteiger partial charge in [0.15, 0.2) is 0 Å². The van der Waals surface area contributed by atoms with E-state index in [1.165, 1.54) is 0 Å². The largest absolute Gasteiger partial charge is 0.480 e. The number of unbranched alkanes of at least 4 members (excludes halogenated alkanes) is 1. The number of carboxylic acid groups (broad SMARTS) is 1. The maximum atomic E-state index is 11.2. The van der Waals surface area contributed by atoms with Gasteiger partial charge in [-0.2, -0.15) is 0 Å². The predicted octanol–water partition coefficient (Wildman–Crippen LogP) is 1.27. The molecule has 0 aromatic carbocycles. The highest BCUT2D eigenvalue weighted by Crippen LogP contribution is 2.12. The first-order valence-corrected chi connectivity index (χ1v) is 6.30. The Bertz CT molecular complexity index is 221. The van der Waals surface area contributed by atoms with E-state index < -0.39 is 5.97 Å². The molecule has 0 spiro atoms. The first-order chi connectivity index (χ1) is 7.65. The lowest BCUT2D eigenvalue weighted by Crippen LogP contribution is -2.43. The molecule has 16 heavy (non-hydrogen) atoms. The smallest absolute Gasteiger partial charge is 0.320 e. The average Bonchev–Trinajstić information content (AvgIpc) is 2.44. The van der Waals surface area contributed by atoms with E-state index in [0.717, 1.165) is 51.9 Å². The number of likely N-dealkylation sites (N-methyl/N-ethyl adjacent to an activating group) is 1. The van der Waals surface area contributed by atoms with Crippen LogP contribution in [0.1, 0.15) is 32.6 Å². The summed E-state index contributed by atoms with van der Waals surface area (Å²) < 4.78 is 0. The van der Waals surface area contributed by atoms with Crippen molar-refractivity contribution < 1.29 is 9.90 Å². The van der Waals surface area contributed by atoms with Gasteiger partial charge in [0.25, 0.3) is 0 Å². The number of carbonyl (C=O) groups is 1. The molecule has 1 unspecified atom stereocenters. The van der Waals surface area contributed by atoms with Gasteiger partial charge in [0.1, 0.15) is 6.04 Å². The third-order valence-corrected chi connectivity index (χ3v) is 3.31. The molecule has 1 atom stereocenters. The van der Waals surface area contributed by atoms with Gasteiger partial charge < -0.3 is 10.0 Å². The summed E-state index contributed by atoms with van der Waals surface area (Å²) in [5, 5.41) is 9.25. The molecule has 0 bridgehead atoms. The maximum absolute atomic E-state index is 11.2. The Kier molecular flexibility index (Phi) is 5.77. The lowest BCUT2D eigenvalue weighted by molar-refractivity contribution is -0.143. The Hall–Kier alpha value is -0.610. The van der Waals surface area contributed by atoms with E-state index in [4.69, 9.17) is 0 Å². The molecule has 1 aliphatic rings. The van der Waals surface area contributed by atoms with Gasteiger partial charge in [0.2, 0.25) is 0 Å². The number of hydrogen-bond acceptors (Lipinski definition) is 3. The molecule has 0 aliphatic carbocycles. The summed E-state index contributed by atoms with van der Waals surface area (Å²) in [4.78, 5) is 15.7. The Balaban J connectivity index is 2.51. The molecule has 1 heterocycles. The van der Waals surface area contributed by atoms with E-state index in [2.05, 4.69) is 23.8 Å². The summed E-state index contributed by atoms with van der Waals surface area (Å²) in [6, 6.07) is -0.272. The van der Waals surface area contributed by atoms with Crippen LogP contribution in [-0.4, -0.2) is 60.1 Å². The number of rotatable bonds is 5. The lowest BCUT2D eigenvalue weighted by atomic mass is 10.1. The minimum absolute atomic E-state index is 0.272. The number of carboxylic acids is 1. The highest BCUT2D eigenvalue weighted by Gasteiger charge is 2.25. The summed E-state index contributed by atoms with van der Waals surface area (Å²) in [6.45, 7) is 5.98. The molecule has 4 nitrogen and oxygen atoms in total. The molecular weight excluding hydrogens is 204 g/mol. The fourth-order valence-electron chi connectivity index (χ4n) is 2.24. The van der Waals surface area contributed by atoms with Crippen molar-refractivity contribution in [1.82, 2.24) is 9.80 Å². The molecule has 0 saturated carbocycles. The van der Waals surface area contributed by atoms with Crippen LogP contribution in [0.3, 0.4) is 0 Å². The van der Waals surface area contributed by atoms with E-state index in [-0.39, 0.29) is 6.04 Å². The van der Waals surface area contributed by atoms with Crippen molar-refractivity contribution in [2.45, 2.75) is 38.6 Å². The highest BCUT2D eigenvalue weighted by atomic mass is 16.4. The van der Waals surface area contributed by atoms with Crippen LogP contribution in [-0.2, 0) is 4.79 Å². The first-order valence-electron chi connectivity index (χ1n) is 6.30. The van der Waals surface area contributed by atoms with Crippen LogP contribution in [0, 0.1) is 0 Å². The summed E-state index contributed by atoms with van der Waals surface area (Å²) in [6.07, 6.45) is 3.93. The third-order valence-electron chi connectivity index (χ3n) is 3.31. The second kappa shape index (κ2) is 6.86. The van der Waals surface area contributed by atoms with Crippen molar-refractivity contribution in [2.24, 2.45) is 0 Å². The van der Waals surface area contributed by atoms with Gasteiger partial charge in [-0.3, -0.25) is 9.69 Å². The lowest BCUT2D eigenvalue weighted by Gasteiger charge is -2.27. The molecule has 1 N–H and O–H groups in total. The Morgan fingerprint density at radius 1 is 1.31 bits per heavy atom. The summed E-state index contributed by atoms with van der Waals surface area (Å²) in [5.74, 6) is -0.655. The van der Waals surface area contributed by atoms with Crippen LogP contribution in [0.15, 0.2) is 0 Å². The van der Waals surface area contributed by atoms with Crippen LogP contribution < -0.4 is 0 Å². The quantitative estimate of drug-likeness (QED) is 0.769. The zero-order valence-electron chi connectivity index (χ0n) is 10.5. The predicted molar refractivity (Wildman–Crippen MR) is 64.6 cm³/mol. The topological polar surface area (TPSA) is 43.8 Å². The van der Waals surface area contributed by atoms with Crippen molar-refractivity contribution in [3.63, 3.8) is 0 Å². The molecule has 0 amide bonds. The summed E-state index contributed by atoms with van der Waals surface area (Å²) in [7, 11) is 2.10. The van der Waals surface area contributed by atoms with Gasteiger partial charge in [0, 0.05) is 19.6 Å². The minimum atomic E-state index is -0.655. The molecular formula is C12H24N2O2.